The quantitative estimate of drug-likeness (QED) is 0.937. The summed E-state index contributed by atoms with van der Waals surface area (Å²) in [5.74, 6) is -0.0610. The van der Waals surface area contributed by atoms with Crippen LogP contribution in [0.3, 0.4) is 0 Å². The van der Waals surface area contributed by atoms with Gasteiger partial charge in [-0.2, -0.15) is 0 Å². The predicted octanol–water partition coefficient (Wildman–Crippen LogP) is 2.53. The second kappa shape index (κ2) is 5.36. The highest BCUT2D eigenvalue weighted by atomic mass is 35.5. The topological polar surface area (TPSA) is 51.3 Å². The Bertz CT molecular complexity index is 589. The summed E-state index contributed by atoms with van der Waals surface area (Å²) in [7, 11) is 3.57. The largest absolute Gasteiger partial charge is 0.397 e. The lowest BCUT2D eigenvalue weighted by atomic mass is 10.2. The van der Waals surface area contributed by atoms with E-state index in [2.05, 4.69) is 0 Å². The highest BCUT2D eigenvalue weighted by Gasteiger charge is 2.15. The van der Waals surface area contributed by atoms with Crippen LogP contribution in [0.2, 0.25) is 5.02 Å². The van der Waals surface area contributed by atoms with Crippen LogP contribution in [-0.2, 0) is 13.6 Å². The first-order valence-electron chi connectivity index (χ1n) is 5.89. The minimum Gasteiger partial charge on any atom is -0.397 e. The van der Waals surface area contributed by atoms with Crippen molar-refractivity contribution in [3.05, 3.63) is 52.8 Å². The van der Waals surface area contributed by atoms with Gasteiger partial charge < -0.3 is 15.2 Å². The van der Waals surface area contributed by atoms with Crippen molar-refractivity contribution >= 4 is 23.2 Å². The number of carbonyl (C=O) groups is 1. The lowest BCUT2D eigenvalue weighted by Crippen LogP contribution is -2.27. The average Bonchev–Trinajstić information content (AvgIpc) is 2.70. The van der Waals surface area contributed by atoms with Crippen LogP contribution >= 0.6 is 11.6 Å². The summed E-state index contributed by atoms with van der Waals surface area (Å²) in [6, 6.07) is 9.13. The van der Waals surface area contributed by atoms with Crippen molar-refractivity contribution in [3.63, 3.8) is 0 Å². The van der Waals surface area contributed by atoms with E-state index < -0.39 is 0 Å². The van der Waals surface area contributed by atoms with Gasteiger partial charge in [0.05, 0.1) is 5.69 Å². The molecule has 0 fully saturated rings. The Balaban J connectivity index is 2.11. The third-order valence-corrected chi connectivity index (χ3v) is 3.18. The molecule has 0 bridgehead atoms. The maximum absolute atomic E-state index is 12.3. The van der Waals surface area contributed by atoms with Gasteiger partial charge in [0, 0.05) is 31.9 Å². The number of hydrogen-bond donors (Lipinski definition) is 1. The maximum atomic E-state index is 12.3. The molecule has 0 radical (unpaired) electrons. The number of aromatic nitrogens is 1. The summed E-state index contributed by atoms with van der Waals surface area (Å²) < 4.78 is 1.73. The van der Waals surface area contributed by atoms with Gasteiger partial charge in [-0.05, 0) is 23.8 Å². The second-order valence-corrected chi connectivity index (χ2v) is 4.99. The Morgan fingerprint density at radius 2 is 2.00 bits per heavy atom. The molecule has 1 aromatic carbocycles. The number of nitrogens with two attached hydrogens (primary N) is 1. The van der Waals surface area contributed by atoms with E-state index in [-0.39, 0.29) is 5.91 Å². The molecular formula is C14H16ClN3O. The summed E-state index contributed by atoms with van der Waals surface area (Å²) in [6.07, 6.45) is 1.73. The van der Waals surface area contributed by atoms with Gasteiger partial charge in [0.25, 0.3) is 5.91 Å². The molecule has 2 aromatic rings. The number of hydrogen-bond acceptors (Lipinski definition) is 2. The fourth-order valence-electron chi connectivity index (χ4n) is 1.93. The minimum absolute atomic E-state index is 0.0610. The van der Waals surface area contributed by atoms with Crippen LogP contribution in [0.4, 0.5) is 5.69 Å². The fourth-order valence-corrected chi connectivity index (χ4v) is 2.06. The fraction of sp³-hybridized carbons (Fsp3) is 0.214. The van der Waals surface area contributed by atoms with Gasteiger partial charge in [0.1, 0.15) is 5.69 Å². The summed E-state index contributed by atoms with van der Waals surface area (Å²) in [6.45, 7) is 0.529. The second-order valence-electron chi connectivity index (χ2n) is 4.56. The third kappa shape index (κ3) is 3.09. The minimum atomic E-state index is -0.0610. The maximum Gasteiger partial charge on any atom is 0.270 e. The Kier molecular flexibility index (Phi) is 3.81. The van der Waals surface area contributed by atoms with Gasteiger partial charge >= 0.3 is 0 Å². The van der Waals surface area contributed by atoms with Gasteiger partial charge in [0.2, 0.25) is 0 Å². The summed E-state index contributed by atoms with van der Waals surface area (Å²) in [4.78, 5) is 13.9. The Morgan fingerprint density at radius 3 is 2.53 bits per heavy atom. The lowest BCUT2D eigenvalue weighted by molar-refractivity contribution is 0.0775. The SMILES string of the molecule is CN(Cc1ccc(Cl)cc1)C(=O)c1cc(N)cn1C. The number of halogens is 1. The van der Waals surface area contributed by atoms with Gasteiger partial charge in [-0.25, -0.2) is 0 Å². The zero-order valence-corrected chi connectivity index (χ0v) is 11.7. The molecule has 4 nitrogen and oxygen atoms in total. The lowest BCUT2D eigenvalue weighted by Gasteiger charge is -2.17. The molecule has 100 valence electrons. The van der Waals surface area contributed by atoms with Crippen molar-refractivity contribution in [2.24, 2.45) is 7.05 Å². The number of benzene rings is 1. The van der Waals surface area contributed by atoms with Crippen molar-refractivity contribution < 1.29 is 4.79 Å². The first kappa shape index (κ1) is 13.5. The van der Waals surface area contributed by atoms with Crippen molar-refractivity contribution in [1.82, 2.24) is 9.47 Å². The van der Waals surface area contributed by atoms with E-state index >= 15 is 0 Å². The monoisotopic (exact) mass is 277 g/mol. The molecule has 0 aliphatic rings. The molecule has 0 saturated carbocycles. The predicted molar refractivity (Wildman–Crippen MR) is 77.1 cm³/mol. The molecule has 1 amide bonds. The van der Waals surface area contributed by atoms with E-state index in [1.165, 1.54) is 0 Å². The van der Waals surface area contributed by atoms with Crippen LogP contribution in [0.1, 0.15) is 16.1 Å². The first-order valence-corrected chi connectivity index (χ1v) is 6.27. The number of carbonyl (C=O) groups excluding carboxylic acids is 1. The number of aryl methyl sites for hydroxylation is 1. The highest BCUT2D eigenvalue weighted by Crippen LogP contribution is 2.14. The van der Waals surface area contributed by atoms with Crippen LogP contribution in [0.15, 0.2) is 36.5 Å². The van der Waals surface area contributed by atoms with Crippen molar-refractivity contribution in [2.45, 2.75) is 6.54 Å². The van der Waals surface area contributed by atoms with Gasteiger partial charge in [-0.3, -0.25) is 4.79 Å². The molecular weight excluding hydrogens is 262 g/mol. The summed E-state index contributed by atoms with van der Waals surface area (Å²) in [5.41, 5.74) is 7.88. The molecule has 1 heterocycles. The Hall–Kier alpha value is -1.94. The molecule has 0 spiro atoms. The van der Waals surface area contributed by atoms with E-state index in [0.717, 1.165) is 5.56 Å². The van der Waals surface area contributed by atoms with Crippen molar-refractivity contribution in [3.8, 4) is 0 Å². The van der Waals surface area contributed by atoms with Crippen molar-refractivity contribution in [1.29, 1.82) is 0 Å². The number of nitrogen functional groups attached to an aromatic ring is 1. The molecule has 19 heavy (non-hydrogen) atoms. The Labute approximate surface area is 117 Å². The summed E-state index contributed by atoms with van der Waals surface area (Å²) in [5, 5.41) is 0.688. The van der Waals surface area contributed by atoms with Gasteiger partial charge in [-0.1, -0.05) is 23.7 Å². The number of nitrogens with zero attached hydrogens (tertiary/aromatic N) is 2. The van der Waals surface area contributed by atoms with Crippen LogP contribution in [0.5, 0.6) is 0 Å². The smallest absolute Gasteiger partial charge is 0.270 e. The Morgan fingerprint density at radius 1 is 1.37 bits per heavy atom. The molecule has 2 rings (SSSR count). The van der Waals surface area contributed by atoms with E-state index in [1.54, 1.807) is 35.8 Å². The number of amides is 1. The summed E-state index contributed by atoms with van der Waals surface area (Å²) >= 11 is 5.83. The van der Waals surface area contributed by atoms with Crippen LogP contribution in [0.25, 0.3) is 0 Å². The molecule has 0 aliphatic heterocycles. The zero-order chi connectivity index (χ0) is 14.0. The number of anilines is 1. The molecule has 0 aliphatic carbocycles. The molecule has 5 heteroatoms. The normalized spacial score (nSPS) is 10.5. The number of rotatable bonds is 3. The van der Waals surface area contributed by atoms with Crippen molar-refractivity contribution in [2.75, 3.05) is 12.8 Å². The standard InChI is InChI=1S/C14H16ClN3O/c1-17-9-12(16)7-13(17)14(19)18(2)8-10-3-5-11(15)6-4-10/h3-7,9H,8,16H2,1-2H3. The van der Waals surface area contributed by atoms with Crippen LogP contribution < -0.4 is 5.73 Å². The third-order valence-electron chi connectivity index (χ3n) is 2.92. The van der Waals surface area contributed by atoms with Crippen LogP contribution in [-0.4, -0.2) is 22.4 Å². The van der Waals surface area contributed by atoms with Gasteiger partial charge in [-0.15, -0.1) is 0 Å². The van der Waals surface area contributed by atoms with E-state index in [4.69, 9.17) is 17.3 Å². The van der Waals surface area contributed by atoms with Gasteiger partial charge in [0.15, 0.2) is 0 Å². The zero-order valence-electron chi connectivity index (χ0n) is 10.9. The highest BCUT2D eigenvalue weighted by molar-refractivity contribution is 6.30. The van der Waals surface area contributed by atoms with E-state index in [9.17, 15) is 4.79 Å². The molecule has 2 N–H and O–H groups in total. The first-order chi connectivity index (χ1) is 8.97. The van der Waals surface area contributed by atoms with Crippen LogP contribution in [0, 0.1) is 0 Å². The molecule has 0 atom stereocenters. The van der Waals surface area contributed by atoms with E-state index in [1.807, 2.05) is 24.3 Å². The molecule has 1 aromatic heterocycles. The van der Waals surface area contributed by atoms with E-state index in [0.29, 0.717) is 22.9 Å². The molecule has 0 saturated heterocycles. The average molecular weight is 278 g/mol. The molecule has 0 unspecified atom stereocenters.